The highest BCUT2D eigenvalue weighted by molar-refractivity contribution is 5.29. The molecule has 4 rings (SSSR count). The Hall–Kier alpha value is -0.850. The second kappa shape index (κ2) is 6.10. The predicted octanol–water partition coefficient (Wildman–Crippen LogP) is 4.46. The van der Waals surface area contributed by atoms with Gasteiger partial charge in [0.1, 0.15) is 0 Å². The maximum atomic E-state index is 10.2. The minimum atomic E-state index is -0.0962. The Morgan fingerprint density at radius 1 is 1.24 bits per heavy atom. The molecule has 3 nitrogen and oxygen atoms in total. The van der Waals surface area contributed by atoms with Crippen molar-refractivity contribution in [2.75, 3.05) is 7.11 Å². The van der Waals surface area contributed by atoms with Crippen molar-refractivity contribution in [3.05, 3.63) is 11.6 Å². The van der Waals surface area contributed by atoms with Gasteiger partial charge in [-0.2, -0.15) is 5.26 Å². The van der Waals surface area contributed by atoms with E-state index in [-0.39, 0.29) is 17.6 Å². The summed E-state index contributed by atoms with van der Waals surface area (Å²) in [4.78, 5) is 0. The summed E-state index contributed by atoms with van der Waals surface area (Å²) in [6, 6.07) is 2.30. The number of hydrogen-bond donors (Lipinski definition) is 1. The van der Waals surface area contributed by atoms with Crippen LogP contribution in [-0.2, 0) is 4.74 Å². The van der Waals surface area contributed by atoms with Gasteiger partial charge in [0.15, 0.2) is 0 Å². The second-order valence-corrected chi connectivity index (χ2v) is 9.74. The van der Waals surface area contributed by atoms with Crippen LogP contribution in [0, 0.1) is 45.8 Å². The lowest BCUT2D eigenvalue weighted by molar-refractivity contribution is -0.175. The van der Waals surface area contributed by atoms with E-state index in [1.165, 1.54) is 24.8 Å². The molecule has 4 aliphatic carbocycles. The van der Waals surface area contributed by atoms with E-state index < -0.39 is 0 Å². The van der Waals surface area contributed by atoms with E-state index >= 15 is 0 Å². The molecule has 4 fully saturated rings. The summed E-state index contributed by atoms with van der Waals surface area (Å²) in [6.07, 6.45) is 11.0. The third-order valence-electron chi connectivity index (χ3n) is 8.94. The number of hydrogen-bond acceptors (Lipinski definition) is 3. The topological polar surface area (TPSA) is 53.2 Å². The van der Waals surface area contributed by atoms with Crippen molar-refractivity contribution in [2.45, 2.75) is 77.4 Å². The molecule has 0 radical (unpaired) electrons. The number of nitrogens with zero attached hydrogens (tertiary/aromatic N) is 1. The molecule has 4 aliphatic rings. The van der Waals surface area contributed by atoms with Gasteiger partial charge in [0.05, 0.1) is 18.3 Å². The van der Waals surface area contributed by atoms with Gasteiger partial charge in [0, 0.05) is 13.2 Å². The summed E-state index contributed by atoms with van der Waals surface area (Å²) in [6.45, 7) is 4.89. The van der Waals surface area contributed by atoms with E-state index in [0.29, 0.717) is 29.1 Å². The number of methoxy groups -OCH3 is 1. The van der Waals surface area contributed by atoms with Crippen LogP contribution in [0.5, 0.6) is 0 Å². The number of allylic oxidation sites excluding steroid dienone is 2. The molecular weight excluding hydrogens is 310 g/mol. The van der Waals surface area contributed by atoms with E-state index in [9.17, 15) is 10.4 Å². The predicted molar refractivity (Wildman–Crippen MR) is 97.6 cm³/mol. The maximum Gasteiger partial charge on any atom is 0.0911 e. The molecule has 0 heterocycles. The van der Waals surface area contributed by atoms with Gasteiger partial charge in [-0.05, 0) is 85.9 Å². The average Bonchev–Trinajstić information content (AvgIpc) is 2.91. The van der Waals surface area contributed by atoms with E-state index in [4.69, 9.17) is 4.74 Å². The van der Waals surface area contributed by atoms with Gasteiger partial charge in [-0.1, -0.05) is 19.4 Å². The first kappa shape index (κ1) is 17.6. The van der Waals surface area contributed by atoms with Gasteiger partial charge in [-0.3, -0.25) is 0 Å². The highest BCUT2D eigenvalue weighted by Gasteiger charge is 2.62. The second-order valence-electron chi connectivity index (χ2n) is 9.74. The monoisotopic (exact) mass is 343 g/mol. The number of aliphatic hydroxyl groups excluding tert-OH is 1. The quantitative estimate of drug-likeness (QED) is 0.715. The van der Waals surface area contributed by atoms with Crippen molar-refractivity contribution < 1.29 is 9.84 Å². The third-order valence-corrected chi connectivity index (χ3v) is 8.94. The molecule has 138 valence electrons. The van der Waals surface area contributed by atoms with E-state index in [1.807, 2.05) is 13.2 Å². The fraction of sp³-hybridized carbons (Fsp3) is 0.864. The molecule has 1 N–H and O–H groups in total. The fourth-order valence-corrected chi connectivity index (χ4v) is 7.71. The zero-order valence-electron chi connectivity index (χ0n) is 16.0. The average molecular weight is 344 g/mol. The van der Waals surface area contributed by atoms with Gasteiger partial charge in [0.2, 0.25) is 0 Å². The maximum absolute atomic E-state index is 10.2. The first-order valence-corrected chi connectivity index (χ1v) is 10.2. The first-order chi connectivity index (χ1) is 11.9. The van der Waals surface area contributed by atoms with Crippen LogP contribution < -0.4 is 0 Å². The van der Waals surface area contributed by atoms with Crippen LogP contribution in [0.25, 0.3) is 0 Å². The molecule has 0 aromatic heterocycles. The van der Waals surface area contributed by atoms with Crippen LogP contribution in [0.15, 0.2) is 11.6 Å². The Kier molecular flexibility index (Phi) is 4.28. The molecule has 0 aliphatic heterocycles. The Balaban J connectivity index is 1.71. The lowest BCUT2D eigenvalue weighted by atomic mass is 9.44. The molecule has 0 aromatic rings. The standard InChI is InChI=1S/C22H33NO2/c1-21-10-8-16(24)12-15(21)4-6-17-18-7-5-14(9-11-23)22(18,2)13-19(25-3)20(17)21/h9,15-20,24H,4-8,10,12-13H2,1-3H3/b14-9+/t15-,16+,17-,18-,19-,20+,21-,22+/m0/s1. The third kappa shape index (κ3) is 2.44. The van der Waals surface area contributed by atoms with Crippen molar-refractivity contribution in [1.29, 1.82) is 5.26 Å². The molecule has 0 aromatic carbocycles. The van der Waals surface area contributed by atoms with Crippen LogP contribution in [0.1, 0.15) is 65.2 Å². The van der Waals surface area contributed by atoms with Crippen molar-refractivity contribution in [3.8, 4) is 6.07 Å². The number of ether oxygens (including phenoxy) is 1. The smallest absolute Gasteiger partial charge is 0.0911 e. The molecule has 0 amide bonds. The van der Waals surface area contributed by atoms with Crippen LogP contribution in [0.2, 0.25) is 0 Å². The summed E-state index contributed by atoms with van der Waals surface area (Å²) in [5.41, 5.74) is 1.83. The summed E-state index contributed by atoms with van der Waals surface area (Å²) in [5.74, 6) is 2.68. The summed E-state index contributed by atoms with van der Waals surface area (Å²) in [5, 5.41) is 19.4. The van der Waals surface area contributed by atoms with Crippen LogP contribution in [0.4, 0.5) is 0 Å². The van der Waals surface area contributed by atoms with Gasteiger partial charge < -0.3 is 9.84 Å². The molecule has 25 heavy (non-hydrogen) atoms. The number of nitriles is 1. The molecule has 3 heteroatoms. The largest absolute Gasteiger partial charge is 0.393 e. The first-order valence-electron chi connectivity index (χ1n) is 10.2. The van der Waals surface area contributed by atoms with Gasteiger partial charge in [0.25, 0.3) is 0 Å². The van der Waals surface area contributed by atoms with E-state index in [2.05, 4.69) is 19.9 Å². The highest BCUT2D eigenvalue weighted by atomic mass is 16.5. The summed E-state index contributed by atoms with van der Waals surface area (Å²) in [7, 11) is 1.89. The number of rotatable bonds is 1. The molecule has 4 saturated carbocycles. The minimum absolute atomic E-state index is 0.0962. The van der Waals surface area contributed by atoms with E-state index in [1.54, 1.807) is 0 Å². The van der Waals surface area contributed by atoms with Gasteiger partial charge >= 0.3 is 0 Å². The molecule has 0 bridgehead atoms. The SMILES string of the molecule is CO[C@H]1C[C@]2(C)/C(=C/C#N)CC[C@H]2[C@@H]2CC[C@H]3C[C@H](O)CC[C@]3(C)[C@H]21. The summed E-state index contributed by atoms with van der Waals surface area (Å²) < 4.78 is 6.13. The van der Waals surface area contributed by atoms with Crippen molar-refractivity contribution in [2.24, 2.45) is 34.5 Å². The van der Waals surface area contributed by atoms with Crippen molar-refractivity contribution in [1.82, 2.24) is 0 Å². The normalized spacial score (nSPS) is 53.6. The number of fused-ring (bicyclic) bond motifs is 5. The summed E-state index contributed by atoms with van der Waals surface area (Å²) >= 11 is 0. The molecule has 0 saturated heterocycles. The van der Waals surface area contributed by atoms with Gasteiger partial charge in [-0.15, -0.1) is 0 Å². The lowest BCUT2D eigenvalue weighted by Crippen LogP contribution is -2.58. The molecule has 0 unspecified atom stereocenters. The Bertz CT molecular complexity index is 608. The minimum Gasteiger partial charge on any atom is -0.393 e. The Labute approximate surface area is 152 Å². The Morgan fingerprint density at radius 2 is 2.04 bits per heavy atom. The molecular formula is C22H33NO2. The molecule has 0 spiro atoms. The zero-order chi connectivity index (χ0) is 17.8. The van der Waals surface area contributed by atoms with Crippen LogP contribution in [0.3, 0.4) is 0 Å². The van der Waals surface area contributed by atoms with Crippen molar-refractivity contribution >= 4 is 0 Å². The van der Waals surface area contributed by atoms with Crippen molar-refractivity contribution in [3.63, 3.8) is 0 Å². The van der Waals surface area contributed by atoms with Crippen LogP contribution in [-0.4, -0.2) is 24.4 Å². The fourth-order valence-electron chi connectivity index (χ4n) is 7.71. The van der Waals surface area contributed by atoms with Crippen LogP contribution >= 0.6 is 0 Å². The lowest BCUT2D eigenvalue weighted by Gasteiger charge is -2.62. The Morgan fingerprint density at radius 3 is 2.76 bits per heavy atom. The zero-order valence-corrected chi connectivity index (χ0v) is 16.0. The molecule has 8 atom stereocenters. The highest BCUT2D eigenvalue weighted by Crippen LogP contribution is 2.67. The van der Waals surface area contributed by atoms with E-state index in [0.717, 1.165) is 32.1 Å². The number of aliphatic hydroxyl groups is 1. The van der Waals surface area contributed by atoms with Gasteiger partial charge in [-0.25, -0.2) is 0 Å².